The zero-order valence-electron chi connectivity index (χ0n) is 38.6. The van der Waals surface area contributed by atoms with Crippen molar-refractivity contribution in [3.05, 3.63) is 288 Å². The fourth-order valence-corrected chi connectivity index (χ4v) is 11.4. The summed E-state index contributed by atoms with van der Waals surface area (Å²) in [7, 11) is 0. The molecule has 0 bridgehead atoms. The van der Waals surface area contributed by atoms with Gasteiger partial charge in [0.05, 0.1) is 16.8 Å². The molecular formula is C67H48N2. The predicted molar refractivity (Wildman–Crippen MR) is 293 cm³/mol. The van der Waals surface area contributed by atoms with Gasteiger partial charge >= 0.3 is 0 Å². The topological polar surface area (TPSA) is 6.48 Å². The molecule has 1 aliphatic carbocycles. The lowest BCUT2D eigenvalue weighted by molar-refractivity contribution is 0.768. The van der Waals surface area contributed by atoms with Crippen molar-refractivity contribution in [2.24, 2.45) is 0 Å². The van der Waals surface area contributed by atoms with E-state index in [0.29, 0.717) is 0 Å². The SMILES string of the molecule is Cc1ccc(N(c2ccc3c(c2)C(c2ccccc2)(c2ccccc2)c2cc(N(c4ccc(C)cc4)c4cc5ccccc5c5ccccc45)ccc2-3)c2cc3ccccc3c3ccccc23)cc1. The van der Waals surface area contributed by atoms with Crippen molar-refractivity contribution < 1.29 is 0 Å². The summed E-state index contributed by atoms with van der Waals surface area (Å²) in [6, 6.07) is 94.9. The lowest BCUT2D eigenvalue weighted by Gasteiger charge is -2.36. The summed E-state index contributed by atoms with van der Waals surface area (Å²) in [5.74, 6) is 0. The molecule has 0 spiro atoms. The summed E-state index contributed by atoms with van der Waals surface area (Å²) in [6.07, 6.45) is 0. The van der Waals surface area contributed by atoms with Gasteiger partial charge in [0.25, 0.3) is 0 Å². The van der Waals surface area contributed by atoms with Crippen LogP contribution in [0.3, 0.4) is 0 Å². The number of rotatable bonds is 8. The summed E-state index contributed by atoms with van der Waals surface area (Å²) < 4.78 is 0. The number of benzene rings is 12. The summed E-state index contributed by atoms with van der Waals surface area (Å²) in [4.78, 5) is 4.96. The van der Waals surface area contributed by atoms with E-state index in [-0.39, 0.29) is 0 Å². The second-order valence-corrected chi connectivity index (χ2v) is 18.6. The second-order valence-electron chi connectivity index (χ2n) is 18.6. The van der Waals surface area contributed by atoms with Crippen LogP contribution in [0.1, 0.15) is 33.4 Å². The first-order valence-corrected chi connectivity index (χ1v) is 24.0. The molecule has 0 fully saturated rings. The molecule has 1 aliphatic rings. The average Bonchev–Trinajstić information content (AvgIpc) is 3.70. The Morgan fingerprint density at radius 2 is 0.609 bits per heavy atom. The first kappa shape index (κ1) is 40.5. The van der Waals surface area contributed by atoms with Crippen LogP contribution < -0.4 is 9.80 Å². The van der Waals surface area contributed by atoms with E-state index in [1.54, 1.807) is 0 Å². The lowest BCUT2D eigenvalue weighted by Crippen LogP contribution is -2.29. The van der Waals surface area contributed by atoms with Crippen molar-refractivity contribution in [1.29, 1.82) is 0 Å². The minimum atomic E-state index is -0.673. The van der Waals surface area contributed by atoms with Gasteiger partial charge in [0.15, 0.2) is 0 Å². The van der Waals surface area contributed by atoms with Gasteiger partial charge < -0.3 is 9.80 Å². The van der Waals surface area contributed by atoms with Gasteiger partial charge in [-0.25, -0.2) is 0 Å². The Bertz CT molecular complexity index is 3650. The molecule has 326 valence electrons. The van der Waals surface area contributed by atoms with Crippen molar-refractivity contribution >= 4 is 77.2 Å². The maximum atomic E-state index is 2.49. The largest absolute Gasteiger partial charge is 0.310 e. The van der Waals surface area contributed by atoms with Crippen molar-refractivity contribution in [3.63, 3.8) is 0 Å². The summed E-state index contributed by atoms with van der Waals surface area (Å²) >= 11 is 0. The molecule has 69 heavy (non-hydrogen) atoms. The van der Waals surface area contributed by atoms with Crippen molar-refractivity contribution in [3.8, 4) is 11.1 Å². The molecule has 13 rings (SSSR count). The highest BCUT2D eigenvalue weighted by Crippen LogP contribution is 2.59. The van der Waals surface area contributed by atoms with Crippen LogP contribution in [-0.4, -0.2) is 0 Å². The Morgan fingerprint density at radius 1 is 0.275 bits per heavy atom. The van der Waals surface area contributed by atoms with Gasteiger partial charge in [-0.2, -0.15) is 0 Å². The van der Waals surface area contributed by atoms with E-state index >= 15 is 0 Å². The summed E-state index contributed by atoms with van der Waals surface area (Å²) in [5, 5.41) is 9.83. The molecule has 12 aromatic rings. The molecule has 0 atom stereocenters. The molecule has 0 aromatic heterocycles. The molecule has 0 unspecified atom stereocenters. The molecule has 2 heteroatoms. The molecule has 0 aliphatic heterocycles. The lowest BCUT2D eigenvalue weighted by atomic mass is 9.67. The summed E-state index contributed by atoms with van der Waals surface area (Å²) in [6.45, 7) is 4.33. The number of hydrogen-bond donors (Lipinski definition) is 0. The van der Waals surface area contributed by atoms with Crippen LogP contribution in [0.15, 0.2) is 255 Å². The Morgan fingerprint density at radius 3 is 1.01 bits per heavy atom. The van der Waals surface area contributed by atoms with Crippen LogP contribution >= 0.6 is 0 Å². The Balaban J connectivity index is 1.10. The fraction of sp³-hybridized carbons (Fsp3) is 0.0448. The van der Waals surface area contributed by atoms with Crippen LogP contribution in [0, 0.1) is 13.8 Å². The zero-order valence-corrected chi connectivity index (χ0v) is 38.6. The fourth-order valence-electron chi connectivity index (χ4n) is 11.4. The maximum absolute atomic E-state index is 2.49. The maximum Gasteiger partial charge on any atom is 0.0715 e. The Kier molecular flexibility index (Phi) is 9.55. The standard InChI is InChI=1S/C67H48N2/c1-45-29-33-51(34-30-45)68(65-41-47-17-9-11-23-55(47)57-25-13-15-27-61(57)65)53-37-39-59-60-40-38-54(44-64(60)67(63(59)43-53,49-19-5-3-6-20-49)50-21-7-4-8-22-50)69(52-35-31-46(2)32-36-52)66-42-48-18-10-12-24-56(48)58-26-14-16-28-62(58)66/h3-44H,1-2H3. The van der Waals surface area contributed by atoms with E-state index in [0.717, 1.165) is 34.1 Å². The number of fused-ring (bicyclic) bond motifs is 9. The average molecular weight is 881 g/mol. The molecular weight excluding hydrogens is 833 g/mol. The zero-order chi connectivity index (χ0) is 46.1. The first-order valence-electron chi connectivity index (χ1n) is 24.0. The Labute approximate surface area is 403 Å². The highest BCUT2D eigenvalue weighted by Gasteiger charge is 2.47. The van der Waals surface area contributed by atoms with Gasteiger partial charge in [0.1, 0.15) is 0 Å². The van der Waals surface area contributed by atoms with Gasteiger partial charge in [-0.1, -0.05) is 205 Å². The monoisotopic (exact) mass is 880 g/mol. The molecule has 0 radical (unpaired) electrons. The van der Waals surface area contributed by atoms with Gasteiger partial charge in [-0.05, 0) is 140 Å². The van der Waals surface area contributed by atoms with Crippen LogP contribution in [0.2, 0.25) is 0 Å². The first-order chi connectivity index (χ1) is 34.0. The minimum Gasteiger partial charge on any atom is -0.310 e. The predicted octanol–water partition coefficient (Wildman–Crippen LogP) is 18.2. The van der Waals surface area contributed by atoms with Crippen LogP contribution in [0.5, 0.6) is 0 Å². The van der Waals surface area contributed by atoms with Crippen molar-refractivity contribution in [2.75, 3.05) is 9.80 Å². The quantitative estimate of drug-likeness (QED) is 0.140. The van der Waals surface area contributed by atoms with Crippen LogP contribution in [0.4, 0.5) is 34.1 Å². The summed E-state index contributed by atoms with van der Waals surface area (Å²) in [5.41, 5.74) is 15.9. The molecule has 12 aromatic carbocycles. The Hall–Kier alpha value is -8.72. The minimum absolute atomic E-state index is 0.673. The number of aryl methyl sites for hydroxylation is 2. The highest BCUT2D eigenvalue weighted by atomic mass is 15.2. The normalized spacial score (nSPS) is 12.6. The second kappa shape index (κ2) is 16.3. The van der Waals surface area contributed by atoms with Gasteiger partial charge in [-0.15, -0.1) is 0 Å². The smallest absolute Gasteiger partial charge is 0.0715 e. The molecule has 0 saturated heterocycles. The van der Waals surface area contributed by atoms with E-state index in [9.17, 15) is 0 Å². The third kappa shape index (κ3) is 6.48. The van der Waals surface area contributed by atoms with E-state index < -0.39 is 5.41 Å². The van der Waals surface area contributed by atoms with E-state index in [2.05, 4.69) is 278 Å². The molecule has 0 saturated carbocycles. The van der Waals surface area contributed by atoms with E-state index in [1.807, 2.05) is 0 Å². The molecule has 2 nitrogen and oxygen atoms in total. The van der Waals surface area contributed by atoms with Crippen LogP contribution in [0.25, 0.3) is 54.2 Å². The third-order valence-corrected chi connectivity index (χ3v) is 14.6. The number of anilines is 6. The van der Waals surface area contributed by atoms with Crippen LogP contribution in [-0.2, 0) is 5.41 Å². The third-order valence-electron chi connectivity index (χ3n) is 14.6. The van der Waals surface area contributed by atoms with Crippen molar-refractivity contribution in [2.45, 2.75) is 19.3 Å². The molecule has 0 heterocycles. The highest BCUT2D eigenvalue weighted by molar-refractivity contribution is 6.16. The number of nitrogens with zero attached hydrogens (tertiary/aromatic N) is 2. The van der Waals surface area contributed by atoms with Gasteiger partial charge in [0.2, 0.25) is 0 Å². The van der Waals surface area contributed by atoms with E-state index in [1.165, 1.54) is 87.6 Å². The van der Waals surface area contributed by atoms with Gasteiger partial charge in [0, 0.05) is 33.5 Å². The molecule has 0 amide bonds. The van der Waals surface area contributed by atoms with E-state index in [4.69, 9.17) is 0 Å². The van der Waals surface area contributed by atoms with Crippen molar-refractivity contribution in [1.82, 2.24) is 0 Å². The molecule has 0 N–H and O–H groups in total. The van der Waals surface area contributed by atoms with Gasteiger partial charge in [-0.3, -0.25) is 0 Å². The number of hydrogen-bond acceptors (Lipinski definition) is 2.